The second-order valence-corrected chi connectivity index (χ2v) is 1.95. The molecular weight excluding hydrogens is 136 g/mol. The molecule has 60 valence electrons. The van der Waals surface area contributed by atoms with Crippen LogP contribution in [0.25, 0.3) is 0 Å². The first kappa shape index (κ1) is 9.39. The van der Waals surface area contributed by atoms with Gasteiger partial charge in [0, 0.05) is 6.61 Å². The molecular formula is C6H12O4. The van der Waals surface area contributed by atoms with Crippen LogP contribution < -0.4 is 0 Å². The van der Waals surface area contributed by atoms with Crippen molar-refractivity contribution in [2.75, 3.05) is 13.2 Å². The van der Waals surface area contributed by atoms with Crippen LogP contribution in [0.5, 0.6) is 0 Å². The second-order valence-electron chi connectivity index (χ2n) is 1.95. The van der Waals surface area contributed by atoms with E-state index < -0.39 is 6.10 Å². The lowest BCUT2D eigenvalue weighted by atomic mass is 10.2. The third-order valence-corrected chi connectivity index (χ3v) is 1.05. The fraction of sp³-hybridized carbons (Fsp3) is 0.833. The average molecular weight is 148 g/mol. The number of rotatable bonds is 6. The molecule has 2 N–H and O–H groups in total. The van der Waals surface area contributed by atoms with Gasteiger partial charge in [-0.1, -0.05) is 0 Å². The first-order valence-electron chi connectivity index (χ1n) is 3.15. The van der Waals surface area contributed by atoms with E-state index in [0.717, 1.165) is 0 Å². The lowest BCUT2D eigenvalue weighted by Gasteiger charge is -2.06. The maximum Gasteiger partial charge on any atom is 0.293 e. The minimum atomic E-state index is -0.641. The maximum absolute atomic E-state index is 9.60. The number of carbonyl (C=O) groups excluding carboxylic acids is 1. The highest BCUT2D eigenvalue weighted by Gasteiger charge is 2.02. The molecule has 0 bridgehead atoms. The molecule has 0 saturated heterocycles. The van der Waals surface area contributed by atoms with Gasteiger partial charge in [0.15, 0.2) is 0 Å². The number of aliphatic hydroxyl groups excluding tert-OH is 2. The Kier molecular flexibility index (Phi) is 6.11. The summed E-state index contributed by atoms with van der Waals surface area (Å²) in [5.74, 6) is 0. The third kappa shape index (κ3) is 5.53. The van der Waals surface area contributed by atoms with Crippen LogP contribution >= 0.6 is 0 Å². The van der Waals surface area contributed by atoms with Crippen molar-refractivity contribution in [3.63, 3.8) is 0 Å². The van der Waals surface area contributed by atoms with E-state index in [1.54, 1.807) is 0 Å². The smallest absolute Gasteiger partial charge is 0.293 e. The lowest BCUT2D eigenvalue weighted by molar-refractivity contribution is -0.131. The molecule has 0 aromatic heterocycles. The van der Waals surface area contributed by atoms with Gasteiger partial charge in [-0.2, -0.15) is 0 Å². The fourth-order valence-electron chi connectivity index (χ4n) is 0.561. The summed E-state index contributed by atoms with van der Waals surface area (Å²) in [7, 11) is 0. The Bertz CT molecular complexity index is 83.8. The minimum Gasteiger partial charge on any atom is -0.465 e. The summed E-state index contributed by atoms with van der Waals surface area (Å²) in [6, 6.07) is 0. The second kappa shape index (κ2) is 6.51. The summed E-state index contributed by atoms with van der Waals surface area (Å²) in [6.07, 6.45) is 0.352. The van der Waals surface area contributed by atoms with Crippen LogP contribution in [0.15, 0.2) is 0 Å². The lowest BCUT2D eigenvalue weighted by Crippen LogP contribution is -2.14. The molecule has 0 heterocycles. The van der Waals surface area contributed by atoms with Gasteiger partial charge < -0.3 is 14.9 Å². The van der Waals surface area contributed by atoms with Gasteiger partial charge in [0.2, 0.25) is 0 Å². The van der Waals surface area contributed by atoms with Gasteiger partial charge in [0.25, 0.3) is 6.47 Å². The molecule has 0 radical (unpaired) electrons. The van der Waals surface area contributed by atoms with Crippen LogP contribution in [0.2, 0.25) is 0 Å². The summed E-state index contributed by atoms with van der Waals surface area (Å²) < 4.78 is 4.28. The van der Waals surface area contributed by atoms with Crippen LogP contribution in [0, 0.1) is 0 Å². The Morgan fingerprint density at radius 3 is 2.80 bits per heavy atom. The van der Waals surface area contributed by atoms with Crippen LogP contribution in [0.4, 0.5) is 0 Å². The van der Waals surface area contributed by atoms with Gasteiger partial charge in [0.05, 0.1) is 6.10 Å². The van der Waals surface area contributed by atoms with Crippen molar-refractivity contribution in [2.45, 2.75) is 18.9 Å². The summed E-state index contributed by atoms with van der Waals surface area (Å²) in [6.45, 7) is 0.365. The highest BCUT2D eigenvalue weighted by Crippen LogP contribution is 1.95. The van der Waals surface area contributed by atoms with E-state index in [1.807, 2.05) is 0 Å². The minimum absolute atomic E-state index is 0.0174. The average Bonchev–Trinajstić information content (AvgIpc) is 1.97. The number of carbonyl (C=O) groups is 1. The predicted molar refractivity (Wildman–Crippen MR) is 34.3 cm³/mol. The topological polar surface area (TPSA) is 66.8 Å². The first-order chi connectivity index (χ1) is 4.81. The van der Waals surface area contributed by atoms with Crippen molar-refractivity contribution in [3.05, 3.63) is 0 Å². The van der Waals surface area contributed by atoms with Gasteiger partial charge >= 0.3 is 0 Å². The summed E-state index contributed by atoms with van der Waals surface area (Å²) in [5, 5.41) is 17.2. The molecule has 0 fully saturated rings. The molecule has 0 aromatic rings. The molecule has 0 saturated carbocycles. The SMILES string of the molecule is O=COCC(O)CCCO. The van der Waals surface area contributed by atoms with Crippen molar-refractivity contribution in [1.29, 1.82) is 0 Å². The molecule has 1 atom stereocenters. The molecule has 4 heteroatoms. The maximum atomic E-state index is 9.60. The molecule has 0 aromatic carbocycles. The first-order valence-corrected chi connectivity index (χ1v) is 3.15. The van der Waals surface area contributed by atoms with Crippen molar-refractivity contribution in [3.8, 4) is 0 Å². The van der Waals surface area contributed by atoms with Crippen molar-refractivity contribution in [1.82, 2.24) is 0 Å². The van der Waals surface area contributed by atoms with Gasteiger partial charge in [-0.05, 0) is 12.8 Å². The van der Waals surface area contributed by atoms with E-state index in [9.17, 15) is 4.79 Å². The Hall–Kier alpha value is -0.610. The van der Waals surface area contributed by atoms with E-state index in [-0.39, 0.29) is 13.2 Å². The van der Waals surface area contributed by atoms with Crippen molar-refractivity contribution < 1.29 is 19.7 Å². The van der Waals surface area contributed by atoms with E-state index in [2.05, 4.69) is 4.74 Å². The number of hydrogen-bond donors (Lipinski definition) is 2. The van der Waals surface area contributed by atoms with E-state index in [4.69, 9.17) is 10.2 Å². The molecule has 0 amide bonds. The number of ether oxygens (including phenoxy) is 1. The standard InChI is InChI=1S/C6H12O4/c7-3-1-2-6(9)4-10-5-8/h5-7,9H,1-4H2. The molecule has 0 spiro atoms. The Morgan fingerprint density at radius 1 is 1.60 bits per heavy atom. The van der Waals surface area contributed by atoms with Crippen LogP contribution in [-0.4, -0.2) is 36.0 Å². The zero-order valence-corrected chi connectivity index (χ0v) is 5.69. The third-order valence-electron chi connectivity index (χ3n) is 1.05. The molecule has 0 aliphatic carbocycles. The van der Waals surface area contributed by atoms with Gasteiger partial charge in [-0.3, -0.25) is 4.79 Å². The Labute approximate surface area is 59.4 Å². The summed E-state index contributed by atoms with van der Waals surface area (Å²) in [4.78, 5) is 9.60. The van der Waals surface area contributed by atoms with Crippen LogP contribution in [0.3, 0.4) is 0 Å². The molecule has 0 rings (SSSR count). The van der Waals surface area contributed by atoms with E-state index >= 15 is 0 Å². The zero-order chi connectivity index (χ0) is 7.82. The summed E-state index contributed by atoms with van der Waals surface area (Å²) >= 11 is 0. The van der Waals surface area contributed by atoms with E-state index in [0.29, 0.717) is 19.3 Å². The van der Waals surface area contributed by atoms with Gasteiger partial charge in [0.1, 0.15) is 6.61 Å². The molecule has 0 aliphatic rings. The highest BCUT2D eigenvalue weighted by atomic mass is 16.5. The quantitative estimate of drug-likeness (QED) is 0.488. The molecule has 0 aliphatic heterocycles. The van der Waals surface area contributed by atoms with Crippen LogP contribution in [-0.2, 0) is 9.53 Å². The summed E-state index contributed by atoms with van der Waals surface area (Å²) in [5.41, 5.74) is 0. The van der Waals surface area contributed by atoms with Gasteiger partial charge in [-0.25, -0.2) is 0 Å². The number of hydrogen-bond acceptors (Lipinski definition) is 4. The fourth-order valence-corrected chi connectivity index (χ4v) is 0.561. The van der Waals surface area contributed by atoms with E-state index in [1.165, 1.54) is 0 Å². The van der Waals surface area contributed by atoms with Gasteiger partial charge in [-0.15, -0.1) is 0 Å². The molecule has 10 heavy (non-hydrogen) atoms. The predicted octanol–water partition coefficient (Wildman–Crippen LogP) is -0.707. The van der Waals surface area contributed by atoms with Crippen LogP contribution in [0.1, 0.15) is 12.8 Å². The monoisotopic (exact) mass is 148 g/mol. The highest BCUT2D eigenvalue weighted by molar-refractivity contribution is 5.36. The number of aliphatic hydroxyl groups is 2. The largest absolute Gasteiger partial charge is 0.465 e. The van der Waals surface area contributed by atoms with Crippen molar-refractivity contribution in [2.24, 2.45) is 0 Å². The Balaban J connectivity index is 3.07. The molecule has 1 unspecified atom stereocenters. The normalized spacial score (nSPS) is 12.6. The molecule has 4 nitrogen and oxygen atoms in total. The zero-order valence-electron chi connectivity index (χ0n) is 5.69. The Morgan fingerprint density at radius 2 is 2.30 bits per heavy atom. The van der Waals surface area contributed by atoms with Crippen molar-refractivity contribution >= 4 is 6.47 Å².